The molecule has 0 saturated heterocycles. The van der Waals surface area contributed by atoms with Crippen LogP contribution in [0.15, 0.2) is 48.5 Å². The van der Waals surface area contributed by atoms with Crippen molar-refractivity contribution >= 4 is 23.4 Å². The first-order valence-electron chi connectivity index (χ1n) is 10.9. The summed E-state index contributed by atoms with van der Waals surface area (Å²) < 4.78 is 5.00. The van der Waals surface area contributed by atoms with Crippen LogP contribution in [0.3, 0.4) is 0 Å². The monoisotopic (exact) mass is 498 g/mol. The highest BCUT2D eigenvalue weighted by atomic mass is 16.5. The number of anilines is 1. The van der Waals surface area contributed by atoms with Crippen molar-refractivity contribution in [2.45, 2.75) is 26.5 Å². The van der Waals surface area contributed by atoms with Gasteiger partial charge in [-0.05, 0) is 62.5 Å². The topological polar surface area (TPSA) is 140 Å². The number of carbonyl (C=O) groups excluding carboxylic acids is 3. The van der Waals surface area contributed by atoms with Gasteiger partial charge in [-0.1, -0.05) is 19.3 Å². The first-order valence-corrected chi connectivity index (χ1v) is 10.9. The van der Waals surface area contributed by atoms with E-state index in [4.69, 9.17) is 9.94 Å². The molecule has 0 unspecified atom stereocenters. The van der Waals surface area contributed by atoms with E-state index < -0.39 is 24.0 Å². The van der Waals surface area contributed by atoms with Gasteiger partial charge >= 0.3 is 0 Å². The number of methoxy groups -OCH3 is 1. The zero-order chi connectivity index (χ0) is 25.8. The van der Waals surface area contributed by atoms with Crippen molar-refractivity contribution in [2.24, 2.45) is 0 Å². The van der Waals surface area contributed by atoms with Crippen LogP contribution in [-0.4, -0.2) is 78.9 Å². The van der Waals surface area contributed by atoms with Gasteiger partial charge < -0.3 is 20.5 Å². The minimum Gasteiger partial charge on any atom is -0.391 e. The van der Waals surface area contributed by atoms with E-state index in [9.17, 15) is 19.5 Å². The zero-order valence-electron chi connectivity index (χ0n) is 19.9. The SMILES string of the molecule is C.COCCN(C)CC(=O)Nc1ccc(C#Cc2ccc(C(=O)N[C@H](C(=O)NO)[C@@H](C)O)cc2)cc1. The van der Waals surface area contributed by atoms with Gasteiger partial charge in [-0.2, -0.15) is 0 Å². The van der Waals surface area contributed by atoms with Gasteiger partial charge in [0.25, 0.3) is 11.8 Å². The second-order valence-electron chi connectivity index (χ2n) is 7.85. The van der Waals surface area contributed by atoms with Gasteiger partial charge in [-0.25, -0.2) is 5.48 Å². The summed E-state index contributed by atoms with van der Waals surface area (Å²) in [4.78, 5) is 37.9. The molecule has 2 aromatic rings. The molecule has 0 spiro atoms. The average Bonchev–Trinajstić information content (AvgIpc) is 2.85. The summed E-state index contributed by atoms with van der Waals surface area (Å²) in [6, 6.07) is 12.2. The fourth-order valence-electron chi connectivity index (χ4n) is 2.96. The Labute approximate surface area is 211 Å². The third kappa shape index (κ3) is 9.85. The number of hydrogen-bond acceptors (Lipinski definition) is 7. The van der Waals surface area contributed by atoms with E-state index >= 15 is 0 Å². The lowest BCUT2D eigenvalue weighted by Crippen LogP contribution is -2.51. The Morgan fingerprint density at radius 3 is 2.08 bits per heavy atom. The molecule has 2 atom stereocenters. The maximum absolute atomic E-state index is 12.3. The Bertz CT molecular complexity index is 1060. The van der Waals surface area contributed by atoms with Gasteiger partial charge in [0.1, 0.15) is 6.04 Å². The van der Waals surface area contributed by atoms with Crippen molar-refractivity contribution in [3.8, 4) is 11.8 Å². The molecule has 0 heterocycles. The van der Waals surface area contributed by atoms with Gasteiger partial charge in [-0.3, -0.25) is 24.5 Å². The Hall–Kier alpha value is -3.75. The normalized spacial score (nSPS) is 11.8. The summed E-state index contributed by atoms with van der Waals surface area (Å²) in [5, 5.41) is 23.6. The molecule has 5 N–H and O–H groups in total. The van der Waals surface area contributed by atoms with Crippen molar-refractivity contribution in [1.82, 2.24) is 15.7 Å². The predicted molar refractivity (Wildman–Crippen MR) is 136 cm³/mol. The third-order valence-corrected chi connectivity index (χ3v) is 4.92. The molecule has 0 aliphatic carbocycles. The van der Waals surface area contributed by atoms with Crippen LogP contribution in [-0.2, 0) is 14.3 Å². The number of hydroxylamine groups is 1. The van der Waals surface area contributed by atoms with Crippen LogP contribution in [0.5, 0.6) is 0 Å². The van der Waals surface area contributed by atoms with Crippen LogP contribution in [0.2, 0.25) is 0 Å². The summed E-state index contributed by atoms with van der Waals surface area (Å²) >= 11 is 0. The number of rotatable bonds is 10. The maximum Gasteiger partial charge on any atom is 0.268 e. The molecule has 0 radical (unpaired) electrons. The Kier molecular flexibility index (Phi) is 12.9. The molecule has 10 nitrogen and oxygen atoms in total. The second kappa shape index (κ2) is 15.3. The van der Waals surface area contributed by atoms with E-state index in [2.05, 4.69) is 22.5 Å². The number of carbonyl (C=O) groups is 3. The molecule has 36 heavy (non-hydrogen) atoms. The molecule has 0 aliphatic rings. The van der Waals surface area contributed by atoms with Gasteiger partial charge in [-0.15, -0.1) is 0 Å². The van der Waals surface area contributed by atoms with Crippen LogP contribution < -0.4 is 16.1 Å². The quantitative estimate of drug-likeness (QED) is 0.189. The first kappa shape index (κ1) is 30.3. The van der Waals surface area contributed by atoms with Crippen LogP contribution in [0.25, 0.3) is 0 Å². The molecular weight excluding hydrogens is 464 g/mol. The van der Waals surface area contributed by atoms with Crippen LogP contribution in [0.1, 0.15) is 35.8 Å². The fourth-order valence-corrected chi connectivity index (χ4v) is 2.96. The standard InChI is InChI=1S/C25H30N4O6.CH4/c1-17(30)23(25(33)28-34)27-24(32)20-10-6-18(7-11-20)4-5-19-8-12-21(13-9-19)26-22(31)16-29(2)14-15-35-3;/h6-13,17,23,30,34H,14-16H2,1-3H3,(H,26,31)(H,27,32)(H,28,33);1H4/t17-,23+;/m1./s1. The number of likely N-dealkylation sites (N-methyl/N-ethyl adjacent to an activating group) is 1. The van der Waals surface area contributed by atoms with E-state index in [0.29, 0.717) is 24.4 Å². The highest BCUT2D eigenvalue weighted by Crippen LogP contribution is 2.10. The molecule has 0 saturated carbocycles. The van der Waals surface area contributed by atoms with Gasteiger partial charge in [0.2, 0.25) is 5.91 Å². The average molecular weight is 499 g/mol. The van der Waals surface area contributed by atoms with Gasteiger partial charge in [0, 0.05) is 36.0 Å². The van der Waals surface area contributed by atoms with Crippen molar-refractivity contribution in [3.05, 3.63) is 65.2 Å². The number of nitrogens with zero attached hydrogens (tertiary/aromatic N) is 1. The Morgan fingerprint density at radius 1 is 1.03 bits per heavy atom. The summed E-state index contributed by atoms with van der Waals surface area (Å²) in [5.41, 5.74) is 3.76. The van der Waals surface area contributed by atoms with Crippen molar-refractivity contribution in [2.75, 3.05) is 39.2 Å². The lowest BCUT2D eigenvalue weighted by molar-refractivity contribution is -0.133. The highest BCUT2D eigenvalue weighted by Gasteiger charge is 2.25. The summed E-state index contributed by atoms with van der Waals surface area (Å²) in [6.07, 6.45) is -1.20. The van der Waals surface area contributed by atoms with Gasteiger partial charge in [0.15, 0.2) is 0 Å². The number of hydrogen-bond donors (Lipinski definition) is 5. The Balaban J connectivity index is 0.00000648. The zero-order valence-corrected chi connectivity index (χ0v) is 19.9. The van der Waals surface area contributed by atoms with E-state index in [0.717, 1.165) is 5.56 Å². The third-order valence-electron chi connectivity index (χ3n) is 4.92. The molecule has 0 bridgehead atoms. The molecule has 2 rings (SSSR count). The number of benzene rings is 2. The largest absolute Gasteiger partial charge is 0.391 e. The fraction of sp³-hybridized carbons (Fsp3) is 0.346. The number of aliphatic hydroxyl groups excluding tert-OH is 1. The second-order valence-corrected chi connectivity index (χ2v) is 7.85. The summed E-state index contributed by atoms with van der Waals surface area (Å²) in [5.74, 6) is 4.39. The van der Waals surface area contributed by atoms with E-state index in [-0.39, 0.29) is 25.4 Å². The minimum atomic E-state index is -1.30. The molecule has 0 aromatic heterocycles. The van der Waals surface area contributed by atoms with Crippen LogP contribution >= 0.6 is 0 Å². The van der Waals surface area contributed by atoms with Gasteiger partial charge in [0.05, 0.1) is 19.3 Å². The maximum atomic E-state index is 12.3. The number of amides is 3. The molecule has 0 aliphatic heterocycles. The molecule has 2 aromatic carbocycles. The van der Waals surface area contributed by atoms with Crippen molar-refractivity contribution < 1.29 is 29.4 Å². The number of aliphatic hydroxyl groups is 1. The number of nitrogens with one attached hydrogen (secondary N) is 3. The van der Waals surface area contributed by atoms with E-state index in [1.165, 1.54) is 24.5 Å². The van der Waals surface area contributed by atoms with Crippen molar-refractivity contribution in [3.63, 3.8) is 0 Å². The summed E-state index contributed by atoms with van der Waals surface area (Å²) in [6.45, 7) is 2.79. The Morgan fingerprint density at radius 2 is 1.58 bits per heavy atom. The smallest absolute Gasteiger partial charge is 0.268 e. The lowest BCUT2D eigenvalue weighted by atomic mass is 10.1. The molecule has 194 valence electrons. The number of ether oxygens (including phenoxy) is 1. The molecule has 3 amide bonds. The van der Waals surface area contributed by atoms with Crippen LogP contribution in [0.4, 0.5) is 5.69 Å². The molecule has 10 heteroatoms. The van der Waals surface area contributed by atoms with E-state index in [1.807, 2.05) is 11.9 Å². The molecule has 0 fully saturated rings. The highest BCUT2D eigenvalue weighted by molar-refractivity contribution is 5.97. The van der Waals surface area contributed by atoms with Crippen molar-refractivity contribution in [1.29, 1.82) is 0 Å². The van der Waals surface area contributed by atoms with E-state index in [1.54, 1.807) is 43.5 Å². The summed E-state index contributed by atoms with van der Waals surface area (Å²) in [7, 11) is 3.46. The predicted octanol–water partition coefficient (Wildman–Crippen LogP) is 1.22. The molecular formula is C26H34N4O6. The first-order chi connectivity index (χ1) is 16.7. The lowest BCUT2D eigenvalue weighted by Gasteiger charge is -2.19. The van der Waals surface area contributed by atoms with Crippen LogP contribution in [0, 0.1) is 11.8 Å². The minimum absolute atomic E-state index is 0.